The third-order valence-electron chi connectivity index (χ3n) is 5.07. The summed E-state index contributed by atoms with van der Waals surface area (Å²) in [5, 5.41) is 2.94. The van der Waals surface area contributed by atoms with Gasteiger partial charge in [-0.2, -0.15) is 0 Å². The Morgan fingerprint density at radius 1 is 1.23 bits per heavy atom. The molecule has 2 aliphatic rings. The first kappa shape index (κ1) is 15.0. The smallest absolute Gasteiger partial charge is 0.253 e. The number of hydrogen-bond acceptors (Lipinski definition) is 3. The van der Waals surface area contributed by atoms with Crippen molar-refractivity contribution in [3.63, 3.8) is 0 Å². The van der Waals surface area contributed by atoms with Gasteiger partial charge >= 0.3 is 0 Å². The van der Waals surface area contributed by atoms with Crippen molar-refractivity contribution < 1.29 is 9.59 Å². The number of fused-ring (bicyclic) bond motifs is 2. The highest BCUT2D eigenvalue weighted by atomic mass is 16.2. The first-order valence-electron chi connectivity index (χ1n) is 7.85. The number of nitrogens with two attached hydrogens (primary N) is 1. The Balaban J connectivity index is 1.72. The summed E-state index contributed by atoms with van der Waals surface area (Å²) >= 11 is 0. The number of rotatable bonds is 3. The lowest BCUT2D eigenvalue weighted by molar-refractivity contribution is -0.121. The summed E-state index contributed by atoms with van der Waals surface area (Å²) in [7, 11) is 3.42. The number of carbonyl (C=O) groups excluding carboxylic acids is 2. The molecule has 0 spiro atoms. The van der Waals surface area contributed by atoms with Crippen LogP contribution in [0.2, 0.25) is 0 Å². The Hall–Kier alpha value is -1.88. The number of hydrogen-bond donors (Lipinski definition) is 2. The fourth-order valence-electron chi connectivity index (χ4n) is 3.94. The van der Waals surface area contributed by atoms with E-state index in [2.05, 4.69) is 5.32 Å². The van der Waals surface area contributed by atoms with E-state index in [9.17, 15) is 9.59 Å². The summed E-state index contributed by atoms with van der Waals surface area (Å²) in [6.45, 7) is 0. The first-order chi connectivity index (χ1) is 10.5. The van der Waals surface area contributed by atoms with Gasteiger partial charge in [0.15, 0.2) is 0 Å². The van der Waals surface area contributed by atoms with Crippen LogP contribution in [0.15, 0.2) is 24.3 Å². The molecule has 1 aromatic rings. The van der Waals surface area contributed by atoms with Gasteiger partial charge in [-0.3, -0.25) is 9.59 Å². The fourth-order valence-corrected chi connectivity index (χ4v) is 3.94. The van der Waals surface area contributed by atoms with E-state index in [1.165, 1.54) is 4.90 Å². The van der Waals surface area contributed by atoms with Crippen LogP contribution in [0.5, 0.6) is 0 Å². The summed E-state index contributed by atoms with van der Waals surface area (Å²) in [6.07, 6.45) is 3.34. The van der Waals surface area contributed by atoms with Crippen LogP contribution in [0, 0.1) is 17.8 Å². The first-order valence-corrected chi connectivity index (χ1v) is 7.85. The SMILES string of the molecule is CN(C)C(=O)c1cccc(NC(=O)C2C3CCC(C3)C2N)c1. The molecule has 1 aromatic carbocycles. The maximum absolute atomic E-state index is 12.5. The fraction of sp³-hybridized carbons (Fsp3) is 0.529. The molecule has 0 saturated heterocycles. The predicted octanol–water partition coefficient (Wildman–Crippen LogP) is 1.70. The van der Waals surface area contributed by atoms with Crippen molar-refractivity contribution in [1.29, 1.82) is 0 Å². The molecule has 0 aromatic heterocycles. The van der Waals surface area contributed by atoms with Crippen molar-refractivity contribution in [2.45, 2.75) is 25.3 Å². The molecule has 4 unspecified atom stereocenters. The minimum atomic E-state index is -0.0908. The van der Waals surface area contributed by atoms with Crippen LogP contribution in [0.1, 0.15) is 29.6 Å². The molecule has 5 heteroatoms. The quantitative estimate of drug-likeness (QED) is 0.892. The minimum Gasteiger partial charge on any atom is -0.345 e. The van der Waals surface area contributed by atoms with Gasteiger partial charge in [0.05, 0.1) is 5.92 Å². The van der Waals surface area contributed by atoms with Crippen LogP contribution < -0.4 is 11.1 Å². The van der Waals surface area contributed by atoms with Crippen LogP contribution >= 0.6 is 0 Å². The lowest BCUT2D eigenvalue weighted by Gasteiger charge is -2.27. The molecule has 0 radical (unpaired) electrons. The van der Waals surface area contributed by atoms with Crippen LogP contribution in [-0.2, 0) is 4.79 Å². The predicted molar refractivity (Wildman–Crippen MR) is 85.4 cm³/mol. The number of anilines is 1. The van der Waals surface area contributed by atoms with Crippen molar-refractivity contribution in [3.05, 3.63) is 29.8 Å². The Morgan fingerprint density at radius 2 is 1.95 bits per heavy atom. The number of amides is 2. The van der Waals surface area contributed by atoms with Gasteiger partial charge < -0.3 is 16.0 Å². The van der Waals surface area contributed by atoms with Gasteiger partial charge in [0.2, 0.25) is 5.91 Å². The van der Waals surface area contributed by atoms with E-state index in [-0.39, 0.29) is 23.8 Å². The molecule has 2 fully saturated rings. The summed E-state index contributed by atoms with van der Waals surface area (Å²) in [6, 6.07) is 7.04. The topological polar surface area (TPSA) is 75.4 Å². The van der Waals surface area contributed by atoms with E-state index >= 15 is 0 Å². The Labute approximate surface area is 130 Å². The average molecular weight is 301 g/mol. The van der Waals surface area contributed by atoms with Gasteiger partial charge in [-0.15, -0.1) is 0 Å². The van der Waals surface area contributed by atoms with Crippen molar-refractivity contribution in [2.75, 3.05) is 19.4 Å². The molecule has 118 valence electrons. The van der Waals surface area contributed by atoms with Gasteiger partial charge in [0.25, 0.3) is 5.91 Å². The lowest BCUT2D eigenvalue weighted by Crippen LogP contribution is -2.42. The maximum Gasteiger partial charge on any atom is 0.253 e. The van der Waals surface area contributed by atoms with Crippen molar-refractivity contribution in [2.24, 2.45) is 23.5 Å². The molecular formula is C17H23N3O2. The largest absolute Gasteiger partial charge is 0.345 e. The second kappa shape index (κ2) is 5.72. The monoisotopic (exact) mass is 301 g/mol. The molecule has 0 aliphatic heterocycles. The second-order valence-corrected chi connectivity index (χ2v) is 6.71. The molecule has 2 amide bonds. The van der Waals surface area contributed by atoms with Gasteiger partial charge in [-0.05, 0) is 49.3 Å². The van der Waals surface area contributed by atoms with E-state index < -0.39 is 0 Å². The molecule has 5 nitrogen and oxygen atoms in total. The van der Waals surface area contributed by atoms with Crippen LogP contribution in [0.4, 0.5) is 5.69 Å². The molecule has 2 bridgehead atoms. The number of nitrogens with one attached hydrogen (secondary N) is 1. The molecule has 2 aliphatic carbocycles. The molecule has 4 atom stereocenters. The molecule has 3 N–H and O–H groups in total. The third kappa shape index (κ3) is 2.61. The van der Waals surface area contributed by atoms with E-state index in [1.807, 2.05) is 6.07 Å². The van der Waals surface area contributed by atoms with E-state index in [0.29, 0.717) is 23.1 Å². The van der Waals surface area contributed by atoms with Crippen LogP contribution in [-0.4, -0.2) is 36.9 Å². The second-order valence-electron chi connectivity index (χ2n) is 6.71. The summed E-state index contributed by atoms with van der Waals surface area (Å²) in [4.78, 5) is 26.1. The van der Waals surface area contributed by atoms with Gasteiger partial charge in [-0.1, -0.05) is 6.07 Å². The molecular weight excluding hydrogens is 278 g/mol. The standard InChI is InChI=1S/C17H23N3O2/c1-20(2)17(22)12-4-3-5-13(9-12)19-16(21)14-10-6-7-11(8-10)15(14)18/h3-5,9-11,14-15H,6-8,18H2,1-2H3,(H,19,21). The van der Waals surface area contributed by atoms with Crippen molar-refractivity contribution in [3.8, 4) is 0 Å². The zero-order valence-electron chi connectivity index (χ0n) is 13.1. The summed E-state index contributed by atoms with van der Waals surface area (Å²) in [5.41, 5.74) is 7.44. The number of nitrogens with zero attached hydrogens (tertiary/aromatic N) is 1. The Morgan fingerprint density at radius 3 is 2.59 bits per heavy atom. The Kier molecular flexibility index (Phi) is 3.91. The lowest BCUT2D eigenvalue weighted by atomic mass is 9.84. The average Bonchev–Trinajstić information content (AvgIpc) is 3.07. The van der Waals surface area contributed by atoms with Gasteiger partial charge in [-0.25, -0.2) is 0 Å². The van der Waals surface area contributed by atoms with Crippen molar-refractivity contribution in [1.82, 2.24) is 4.90 Å². The third-order valence-corrected chi connectivity index (χ3v) is 5.07. The van der Waals surface area contributed by atoms with Crippen molar-refractivity contribution >= 4 is 17.5 Å². The minimum absolute atomic E-state index is 0.00541. The highest BCUT2D eigenvalue weighted by Crippen LogP contribution is 2.47. The highest BCUT2D eigenvalue weighted by Gasteiger charge is 2.49. The molecule has 22 heavy (non-hydrogen) atoms. The van der Waals surface area contributed by atoms with E-state index in [0.717, 1.165) is 19.3 Å². The molecule has 2 saturated carbocycles. The van der Waals surface area contributed by atoms with Gasteiger partial charge in [0.1, 0.15) is 0 Å². The zero-order chi connectivity index (χ0) is 15.9. The zero-order valence-corrected chi connectivity index (χ0v) is 13.1. The maximum atomic E-state index is 12.5. The Bertz CT molecular complexity index is 597. The number of benzene rings is 1. The van der Waals surface area contributed by atoms with Gasteiger partial charge in [0, 0.05) is 31.4 Å². The van der Waals surface area contributed by atoms with E-state index in [1.54, 1.807) is 32.3 Å². The molecule has 0 heterocycles. The normalized spacial score (nSPS) is 29.4. The molecule has 3 rings (SSSR count). The highest BCUT2D eigenvalue weighted by molar-refractivity contribution is 5.97. The van der Waals surface area contributed by atoms with Crippen LogP contribution in [0.25, 0.3) is 0 Å². The number of carbonyl (C=O) groups is 2. The van der Waals surface area contributed by atoms with E-state index in [4.69, 9.17) is 5.73 Å². The summed E-state index contributed by atoms with van der Waals surface area (Å²) in [5.74, 6) is 0.753. The van der Waals surface area contributed by atoms with Crippen LogP contribution in [0.3, 0.4) is 0 Å². The summed E-state index contributed by atoms with van der Waals surface area (Å²) < 4.78 is 0.